The van der Waals surface area contributed by atoms with Crippen LogP contribution in [0.4, 0.5) is 0 Å². The van der Waals surface area contributed by atoms with Crippen LogP contribution in [0.3, 0.4) is 0 Å². The molecule has 0 aliphatic heterocycles. The van der Waals surface area contributed by atoms with Crippen molar-refractivity contribution in [2.75, 3.05) is 0 Å². The van der Waals surface area contributed by atoms with Crippen LogP contribution in [0.25, 0.3) is 0 Å². The molecule has 0 amide bonds. The zero-order valence-corrected chi connectivity index (χ0v) is 15.1. The summed E-state index contributed by atoms with van der Waals surface area (Å²) in [5, 5.41) is 9.15. The normalized spacial score (nSPS) is 10.9. The van der Waals surface area contributed by atoms with Gasteiger partial charge in [0.05, 0.1) is 24.1 Å². The zero-order chi connectivity index (χ0) is 18.9. The summed E-state index contributed by atoms with van der Waals surface area (Å²) in [4.78, 5) is 7.72. The molecule has 0 fully saturated rings. The maximum absolute atomic E-state index is 9.15. The first-order valence-corrected chi connectivity index (χ1v) is 8.65. The van der Waals surface area contributed by atoms with Crippen LogP contribution >= 0.6 is 0 Å². The largest absolute Gasteiger partial charge is 0.467 e. The van der Waals surface area contributed by atoms with Crippen LogP contribution < -0.4 is 10.3 Å². The Morgan fingerprint density at radius 2 is 1.85 bits per heavy atom. The van der Waals surface area contributed by atoms with E-state index in [1.54, 1.807) is 24.5 Å². The highest BCUT2D eigenvalue weighted by Crippen LogP contribution is 2.16. The highest BCUT2D eigenvalue weighted by molar-refractivity contribution is 5.42. The van der Waals surface area contributed by atoms with Gasteiger partial charge in [0.1, 0.15) is 11.8 Å². The number of benzene rings is 2. The second-order valence-electron chi connectivity index (χ2n) is 6.09. The fourth-order valence-corrected chi connectivity index (χ4v) is 2.65. The molecule has 2 aromatic carbocycles. The zero-order valence-electron chi connectivity index (χ0n) is 15.1. The van der Waals surface area contributed by atoms with Gasteiger partial charge in [-0.3, -0.25) is 0 Å². The van der Waals surface area contributed by atoms with E-state index in [1.165, 1.54) is 5.56 Å². The van der Waals surface area contributed by atoms with E-state index in [0.717, 1.165) is 18.0 Å². The van der Waals surface area contributed by atoms with Crippen LogP contribution in [0.2, 0.25) is 0 Å². The molecule has 5 heteroatoms. The van der Waals surface area contributed by atoms with Gasteiger partial charge in [0, 0.05) is 12.7 Å². The standard InChI is InChI=1S/C22H21N3O2/c1-18(24-27-22-12-6-5-10-20(22)14-23)15-25(17-21-11-7-13-26-21)16-19-8-3-2-4-9-19/h2-13,15,24H,16-17H2,1H3. The molecule has 0 saturated heterocycles. The minimum absolute atomic E-state index is 0.481. The minimum Gasteiger partial charge on any atom is -0.467 e. The maximum Gasteiger partial charge on any atom is 0.172 e. The summed E-state index contributed by atoms with van der Waals surface area (Å²) in [6.07, 6.45) is 3.65. The minimum atomic E-state index is 0.481. The number of nitriles is 1. The lowest BCUT2D eigenvalue weighted by atomic mass is 10.2. The number of hydroxylamine groups is 1. The fourth-order valence-electron chi connectivity index (χ4n) is 2.65. The first-order valence-electron chi connectivity index (χ1n) is 8.65. The molecule has 1 aromatic heterocycles. The summed E-state index contributed by atoms with van der Waals surface area (Å²) in [5.74, 6) is 1.37. The number of furan rings is 1. The second kappa shape index (κ2) is 9.16. The third kappa shape index (κ3) is 5.41. The molecule has 3 aromatic rings. The monoisotopic (exact) mass is 359 g/mol. The fraction of sp³-hybridized carbons (Fsp3) is 0.136. The summed E-state index contributed by atoms with van der Waals surface area (Å²) in [6.45, 7) is 3.28. The average molecular weight is 359 g/mol. The Bertz CT molecular complexity index is 912. The highest BCUT2D eigenvalue weighted by Gasteiger charge is 2.07. The van der Waals surface area contributed by atoms with Gasteiger partial charge in [-0.25, -0.2) is 5.48 Å². The summed E-state index contributed by atoms with van der Waals surface area (Å²) >= 11 is 0. The number of hydrogen-bond acceptors (Lipinski definition) is 5. The lowest BCUT2D eigenvalue weighted by Crippen LogP contribution is -2.22. The van der Waals surface area contributed by atoms with Gasteiger partial charge in [0.15, 0.2) is 5.75 Å². The third-order valence-electron chi connectivity index (χ3n) is 3.87. The van der Waals surface area contributed by atoms with Gasteiger partial charge < -0.3 is 14.2 Å². The molecular formula is C22H21N3O2. The Morgan fingerprint density at radius 3 is 2.59 bits per heavy atom. The van der Waals surface area contributed by atoms with Gasteiger partial charge in [-0.15, -0.1) is 0 Å². The van der Waals surface area contributed by atoms with Crippen LogP contribution in [0.1, 0.15) is 23.8 Å². The SMILES string of the molecule is CC(=CN(Cc1ccccc1)Cc1ccco1)NOc1ccccc1C#N. The lowest BCUT2D eigenvalue weighted by molar-refractivity contribution is 0.222. The molecule has 1 N–H and O–H groups in total. The molecule has 1 heterocycles. The van der Waals surface area contributed by atoms with Crippen molar-refractivity contribution in [1.29, 1.82) is 5.26 Å². The van der Waals surface area contributed by atoms with E-state index in [-0.39, 0.29) is 0 Å². The maximum atomic E-state index is 9.15. The molecule has 0 radical (unpaired) electrons. The first kappa shape index (κ1) is 18.2. The van der Waals surface area contributed by atoms with Crippen molar-refractivity contribution in [3.05, 3.63) is 102 Å². The number of allylic oxidation sites excluding steroid dienone is 1. The third-order valence-corrected chi connectivity index (χ3v) is 3.87. The van der Waals surface area contributed by atoms with E-state index in [0.29, 0.717) is 17.9 Å². The Hall–Kier alpha value is -3.65. The van der Waals surface area contributed by atoms with Crippen molar-refractivity contribution in [3.8, 4) is 11.8 Å². The molecule has 0 aliphatic rings. The average Bonchev–Trinajstić information content (AvgIpc) is 3.20. The van der Waals surface area contributed by atoms with Gasteiger partial charge in [-0.05, 0) is 36.8 Å². The summed E-state index contributed by atoms with van der Waals surface area (Å²) in [6, 6.07) is 23.3. The first-order chi connectivity index (χ1) is 13.2. The molecule has 0 bridgehead atoms. The van der Waals surface area contributed by atoms with Crippen molar-refractivity contribution in [2.24, 2.45) is 0 Å². The van der Waals surface area contributed by atoms with Crippen molar-refractivity contribution in [2.45, 2.75) is 20.0 Å². The molecule has 0 spiro atoms. The van der Waals surface area contributed by atoms with Gasteiger partial charge in [0.2, 0.25) is 0 Å². The number of nitrogens with one attached hydrogen (secondary N) is 1. The highest BCUT2D eigenvalue weighted by atomic mass is 16.6. The van der Waals surface area contributed by atoms with Gasteiger partial charge in [-0.2, -0.15) is 5.26 Å². The van der Waals surface area contributed by atoms with Crippen molar-refractivity contribution < 1.29 is 9.25 Å². The predicted octanol–water partition coefficient (Wildman–Crippen LogP) is 4.60. The molecule has 27 heavy (non-hydrogen) atoms. The van der Waals surface area contributed by atoms with Gasteiger partial charge in [-0.1, -0.05) is 42.5 Å². The number of rotatable bonds is 8. The van der Waals surface area contributed by atoms with Crippen LogP contribution in [0.5, 0.6) is 5.75 Å². The molecule has 0 saturated carbocycles. The summed E-state index contributed by atoms with van der Waals surface area (Å²) in [7, 11) is 0. The molecule has 0 aliphatic carbocycles. The molecule has 3 rings (SSSR count). The van der Waals surface area contributed by atoms with E-state index in [9.17, 15) is 0 Å². The van der Waals surface area contributed by atoms with Crippen molar-refractivity contribution in [1.82, 2.24) is 10.4 Å². The molecule has 5 nitrogen and oxygen atoms in total. The number of nitrogens with zero attached hydrogens (tertiary/aromatic N) is 2. The van der Waals surface area contributed by atoms with E-state index >= 15 is 0 Å². The molecule has 136 valence electrons. The topological polar surface area (TPSA) is 61.4 Å². The van der Waals surface area contributed by atoms with Crippen LogP contribution in [-0.4, -0.2) is 4.90 Å². The van der Waals surface area contributed by atoms with Crippen LogP contribution in [-0.2, 0) is 13.1 Å². The number of hydrogen-bond donors (Lipinski definition) is 1. The van der Waals surface area contributed by atoms with E-state index in [2.05, 4.69) is 28.6 Å². The number of para-hydroxylation sites is 1. The smallest absolute Gasteiger partial charge is 0.172 e. The second-order valence-corrected chi connectivity index (χ2v) is 6.09. The summed E-state index contributed by atoms with van der Waals surface area (Å²) < 4.78 is 5.48. The van der Waals surface area contributed by atoms with E-state index < -0.39 is 0 Å². The van der Waals surface area contributed by atoms with Crippen molar-refractivity contribution in [3.63, 3.8) is 0 Å². The van der Waals surface area contributed by atoms with Crippen molar-refractivity contribution >= 4 is 0 Å². The Labute approximate surface area is 159 Å². The Morgan fingerprint density at radius 1 is 1.07 bits per heavy atom. The van der Waals surface area contributed by atoms with Gasteiger partial charge in [0.25, 0.3) is 0 Å². The Balaban J connectivity index is 1.70. The predicted molar refractivity (Wildman–Crippen MR) is 103 cm³/mol. The van der Waals surface area contributed by atoms with Gasteiger partial charge >= 0.3 is 0 Å². The van der Waals surface area contributed by atoms with E-state index in [4.69, 9.17) is 14.5 Å². The molecular weight excluding hydrogens is 338 g/mol. The van der Waals surface area contributed by atoms with E-state index in [1.807, 2.05) is 49.5 Å². The summed E-state index contributed by atoms with van der Waals surface area (Å²) in [5.41, 5.74) is 5.40. The lowest BCUT2D eigenvalue weighted by Gasteiger charge is -2.21. The molecule has 0 atom stereocenters. The van der Waals surface area contributed by atoms with Crippen LogP contribution in [0.15, 0.2) is 89.3 Å². The van der Waals surface area contributed by atoms with Crippen LogP contribution in [0, 0.1) is 11.3 Å². The molecule has 0 unspecified atom stereocenters. The Kier molecular flexibility index (Phi) is 6.16. The quantitative estimate of drug-likeness (QED) is 0.596.